The summed E-state index contributed by atoms with van der Waals surface area (Å²) in [4.78, 5) is 17.0. The molecule has 0 saturated carbocycles. The molecule has 33 heavy (non-hydrogen) atoms. The molecule has 0 bridgehead atoms. The minimum Gasteiger partial charge on any atom is -0.491 e. The van der Waals surface area contributed by atoms with Crippen LogP contribution in [0.25, 0.3) is 0 Å². The van der Waals surface area contributed by atoms with E-state index >= 15 is 0 Å². The average Bonchev–Trinajstić information content (AvgIpc) is 3.34. The molecule has 0 aromatic heterocycles. The third kappa shape index (κ3) is 7.85. The molecule has 1 heterocycles. The molecular formula is C26H32N4O3. The monoisotopic (exact) mass is 448 g/mol. The number of terminal acetylenes is 1. The van der Waals surface area contributed by atoms with Gasteiger partial charge in [-0.2, -0.15) is 0 Å². The smallest absolute Gasteiger partial charge is 0.243 e. The van der Waals surface area contributed by atoms with Crippen LogP contribution in [0.5, 0.6) is 5.75 Å². The molecule has 0 radical (unpaired) electrons. The van der Waals surface area contributed by atoms with Crippen molar-refractivity contribution in [2.24, 2.45) is 4.99 Å². The number of anilines is 1. The minimum absolute atomic E-state index is 0.0718. The Hall–Kier alpha value is -3.50. The molecule has 1 atom stereocenters. The zero-order chi connectivity index (χ0) is 23.5. The maximum atomic E-state index is 12.4. The highest BCUT2D eigenvalue weighted by Crippen LogP contribution is 2.23. The lowest BCUT2D eigenvalue weighted by Gasteiger charge is -2.15. The molecule has 1 unspecified atom stereocenters. The van der Waals surface area contributed by atoms with Gasteiger partial charge in [0.2, 0.25) is 5.91 Å². The number of amides is 1. The molecule has 1 amide bonds. The lowest BCUT2D eigenvalue weighted by molar-refractivity contribution is -0.115. The van der Waals surface area contributed by atoms with Gasteiger partial charge in [0.15, 0.2) is 5.96 Å². The van der Waals surface area contributed by atoms with E-state index in [4.69, 9.17) is 15.9 Å². The number of aryl methyl sites for hydroxylation is 1. The molecule has 3 N–H and O–H groups in total. The Labute approximate surface area is 196 Å². The summed E-state index contributed by atoms with van der Waals surface area (Å²) in [6.45, 7) is 6.53. The van der Waals surface area contributed by atoms with Crippen LogP contribution in [-0.4, -0.2) is 44.3 Å². The molecule has 174 valence electrons. The number of aliphatic imine (C=N–C) groups is 1. The zero-order valence-corrected chi connectivity index (χ0v) is 19.3. The fraction of sp³-hybridized carbons (Fsp3) is 0.385. The minimum atomic E-state index is -0.189. The fourth-order valence-corrected chi connectivity index (χ4v) is 3.45. The Morgan fingerprint density at radius 1 is 1.27 bits per heavy atom. The topological polar surface area (TPSA) is 84.0 Å². The zero-order valence-electron chi connectivity index (χ0n) is 19.3. The first-order chi connectivity index (χ1) is 16.1. The summed E-state index contributed by atoms with van der Waals surface area (Å²) in [5.74, 6) is 3.74. The van der Waals surface area contributed by atoms with Crippen LogP contribution in [0.2, 0.25) is 0 Å². The Balaban J connectivity index is 1.58. The van der Waals surface area contributed by atoms with Crippen molar-refractivity contribution < 1.29 is 14.3 Å². The molecule has 3 rings (SSSR count). The van der Waals surface area contributed by atoms with E-state index in [0.717, 1.165) is 36.3 Å². The first-order valence-corrected chi connectivity index (χ1v) is 11.3. The van der Waals surface area contributed by atoms with Gasteiger partial charge in [-0.05, 0) is 56.5 Å². The highest BCUT2D eigenvalue weighted by atomic mass is 16.5. The third-order valence-electron chi connectivity index (χ3n) is 5.15. The molecule has 0 aliphatic carbocycles. The summed E-state index contributed by atoms with van der Waals surface area (Å²) in [5, 5.41) is 9.08. The summed E-state index contributed by atoms with van der Waals surface area (Å²) in [6, 6.07) is 13.3. The predicted octanol–water partition coefficient (Wildman–Crippen LogP) is 3.23. The first kappa shape index (κ1) is 24.1. The number of nitrogens with one attached hydrogen (secondary N) is 3. The summed E-state index contributed by atoms with van der Waals surface area (Å²) < 4.78 is 11.7. The van der Waals surface area contributed by atoms with Crippen LogP contribution < -0.4 is 20.7 Å². The lowest BCUT2D eigenvalue weighted by Crippen LogP contribution is -2.41. The van der Waals surface area contributed by atoms with Gasteiger partial charge in [0.25, 0.3) is 0 Å². The Bertz CT molecular complexity index is 1010. The van der Waals surface area contributed by atoms with Crippen LogP contribution in [0, 0.1) is 19.3 Å². The molecule has 2 aromatic rings. The van der Waals surface area contributed by atoms with Gasteiger partial charge >= 0.3 is 0 Å². The van der Waals surface area contributed by atoms with Crippen LogP contribution in [0.3, 0.4) is 0 Å². The van der Waals surface area contributed by atoms with Crippen molar-refractivity contribution in [2.75, 3.05) is 31.6 Å². The van der Waals surface area contributed by atoms with E-state index in [1.54, 1.807) is 12.1 Å². The van der Waals surface area contributed by atoms with E-state index in [2.05, 4.69) is 26.9 Å². The predicted molar refractivity (Wildman–Crippen MR) is 131 cm³/mol. The van der Waals surface area contributed by atoms with Crippen molar-refractivity contribution >= 4 is 17.6 Å². The summed E-state index contributed by atoms with van der Waals surface area (Å²) in [7, 11) is 0. The molecule has 7 nitrogen and oxygen atoms in total. The number of hydrogen-bond acceptors (Lipinski definition) is 4. The first-order valence-electron chi connectivity index (χ1n) is 11.3. The molecule has 2 aromatic carbocycles. The molecule has 7 heteroatoms. The number of hydrogen-bond donors (Lipinski definition) is 3. The second-order valence-corrected chi connectivity index (χ2v) is 7.88. The molecular weight excluding hydrogens is 416 g/mol. The second-order valence-electron chi connectivity index (χ2n) is 7.88. The van der Waals surface area contributed by atoms with Gasteiger partial charge in [-0.1, -0.05) is 24.1 Å². The van der Waals surface area contributed by atoms with Crippen molar-refractivity contribution in [3.8, 4) is 18.1 Å². The number of carbonyl (C=O) groups excluding carboxylic acids is 1. The number of guanidine groups is 1. The summed E-state index contributed by atoms with van der Waals surface area (Å²) in [5.41, 5.74) is 3.48. The SMILES string of the molecule is C#Cc1cccc(NC(=O)CNC(=NCc2ccc(C)cc2OCC2CCCO2)NCC)c1. The number of ether oxygens (including phenoxy) is 2. The molecule has 0 spiro atoms. The number of carbonyl (C=O) groups is 1. The third-order valence-corrected chi connectivity index (χ3v) is 5.15. The van der Waals surface area contributed by atoms with Crippen LogP contribution in [-0.2, 0) is 16.1 Å². The van der Waals surface area contributed by atoms with E-state index in [1.807, 2.05) is 44.2 Å². The Morgan fingerprint density at radius 3 is 2.91 bits per heavy atom. The van der Waals surface area contributed by atoms with Crippen molar-refractivity contribution in [1.29, 1.82) is 0 Å². The largest absolute Gasteiger partial charge is 0.491 e. The van der Waals surface area contributed by atoms with Crippen molar-refractivity contribution in [3.63, 3.8) is 0 Å². The average molecular weight is 449 g/mol. The molecule has 1 saturated heterocycles. The molecule has 1 aliphatic heterocycles. The maximum Gasteiger partial charge on any atom is 0.243 e. The Kier molecular flexibility index (Phi) is 9.16. The van der Waals surface area contributed by atoms with Crippen molar-refractivity contribution in [1.82, 2.24) is 10.6 Å². The van der Waals surface area contributed by atoms with E-state index in [9.17, 15) is 4.79 Å². The van der Waals surface area contributed by atoms with Gasteiger partial charge in [0, 0.05) is 30.0 Å². The van der Waals surface area contributed by atoms with E-state index in [0.29, 0.717) is 36.9 Å². The van der Waals surface area contributed by atoms with Gasteiger partial charge in [0.1, 0.15) is 12.4 Å². The summed E-state index contributed by atoms with van der Waals surface area (Å²) in [6.07, 6.45) is 7.68. The standard InChI is InChI=1S/C26H32N4O3/c1-4-20-8-6-9-22(15-20)30-25(31)17-29-26(27-5-2)28-16-21-12-11-19(3)14-24(21)33-18-23-10-7-13-32-23/h1,6,8-9,11-12,14-15,23H,5,7,10,13,16-18H2,2-3H3,(H,30,31)(H2,27,28,29). The van der Waals surface area contributed by atoms with Crippen LogP contribution in [0.4, 0.5) is 5.69 Å². The number of benzene rings is 2. The van der Waals surface area contributed by atoms with Crippen molar-refractivity contribution in [2.45, 2.75) is 39.3 Å². The lowest BCUT2D eigenvalue weighted by atomic mass is 10.1. The fourth-order valence-electron chi connectivity index (χ4n) is 3.45. The maximum absolute atomic E-state index is 12.4. The van der Waals surface area contributed by atoms with Gasteiger partial charge in [-0.3, -0.25) is 4.79 Å². The normalized spacial score (nSPS) is 15.5. The second kappa shape index (κ2) is 12.5. The van der Waals surface area contributed by atoms with Crippen molar-refractivity contribution in [3.05, 3.63) is 59.2 Å². The summed E-state index contributed by atoms with van der Waals surface area (Å²) >= 11 is 0. The molecule has 1 fully saturated rings. The highest BCUT2D eigenvalue weighted by molar-refractivity contribution is 5.95. The van der Waals surface area contributed by atoms with E-state index in [1.165, 1.54) is 0 Å². The van der Waals surface area contributed by atoms with Crippen LogP contribution in [0.15, 0.2) is 47.5 Å². The van der Waals surface area contributed by atoms with Gasteiger partial charge in [-0.25, -0.2) is 4.99 Å². The number of nitrogens with zero attached hydrogens (tertiary/aromatic N) is 1. The van der Waals surface area contributed by atoms with Gasteiger partial charge in [-0.15, -0.1) is 6.42 Å². The van der Waals surface area contributed by atoms with E-state index in [-0.39, 0.29) is 18.6 Å². The van der Waals surface area contributed by atoms with Gasteiger partial charge in [0.05, 0.1) is 19.2 Å². The number of rotatable bonds is 9. The van der Waals surface area contributed by atoms with Crippen LogP contribution in [0.1, 0.15) is 36.5 Å². The quantitative estimate of drug-likeness (QED) is 0.312. The highest BCUT2D eigenvalue weighted by Gasteiger charge is 2.17. The van der Waals surface area contributed by atoms with E-state index < -0.39 is 0 Å². The van der Waals surface area contributed by atoms with Gasteiger partial charge < -0.3 is 25.4 Å². The Morgan fingerprint density at radius 2 is 2.15 bits per heavy atom. The molecule has 1 aliphatic rings. The van der Waals surface area contributed by atoms with Crippen LogP contribution >= 0.6 is 0 Å².